The van der Waals surface area contributed by atoms with Crippen LogP contribution in [0.3, 0.4) is 0 Å². The van der Waals surface area contributed by atoms with Crippen LogP contribution in [0.5, 0.6) is 0 Å². The fourth-order valence-electron chi connectivity index (χ4n) is 3.51. The van der Waals surface area contributed by atoms with E-state index in [0.29, 0.717) is 35.7 Å². The zero-order valence-electron chi connectivity index (χ0n) is 17.1. The normalized spacial score (nSPS) is 13.9. The SMILES string of the molecule is CCOC(=O)c1ccc2c(c1)NC(=O)C2=C(Nc1ccc(CN)cc1)c1ccccc1. The molecule has 3 aromatic carbocycles. The van der Waals surface area contributed by atoms with Gasteiger partial charge in [0.05, 0.1) is 29.1 Å². The quantitative estimate of drug-likeness (QED) is 0.415. The summed E-state index contributed by atoms with van der Waals surface area (Å²) in [6, 6.07) is 22.5. The van der Waals surface area contributed by atoms with E-state index in [1.54, 1.807) is 25.1 Å². The molecule has 31 heavy (non-hydrogen) atoms. The molecule has 3 aromatic rings. The maximum atomic E-state index is 13.0. The summed E-state index contributed by atoms with van der Waals surface area (Å²) in [6.45, 7) is 2.51. The minimum atomic E-state index is -0.418. The highest BCUT2D eigenvalue weighted by atomic mass is 16.5. The fourth-order valence-corrected chi connectivity index (χ4v) is 3.51. The minimum Gasteiger partial charge on any atom is -0.462 e. The summed E-state index contributed by atoms with van der Waals surface area (Å²) in [4.78, 5) is 25.1. The summed E-state index contributed by atoms with van der Waals surface area (Å²) in [5, 5.41) is 6.28. The molecule has 0 saturated carbocycles. The number of hydrogen-bond donors (Lipinski definition) is 3. The van der Waals surface area contributed by atoms with Crippen molar-refractivity contribution in [1.82, 2.24) is 0 Å². The van der Waals surface area contributed by atoms with Crippen LogP contribution in [0.1, 0.15) is 34.0 Å². The summed E-state index contributed by atoms with van der Waals surface area (Å²) in [5.74, 6) is -0.653. The zero-order valence-corrected chi connectivity index (χ0v) is 17.1. The van der Waals surface area contributed by atoms with E-state index in [9.17, 15) is 9.59 Å². The lowest BCUT2D eigenvalue weighted by molar-refractivity contribution is -0.110. The molecule has 1 amide bonds. The van der Waals surface area contributed by atoms with E-state index in [2.05, 4.69) is 10.6 Å². The Morgan fingerprint density at radius 3 is 2.42 bits per heavy atom. The Morgan fingerprint density at radius 2 is 1.74 bits per heavy atom. The maximum Gasteiger partial charge on any atom is 0.338 e. The second kappa shape index (κ2) is 8.85. The van der Waals surface area contributed by atoms with E-state index in [1.165, 1.54) is 0 Å². The van der Waals surface area contributed by atoms with Crippen LogP contribution in [0.4, 0.5) is 11.4 Å². The molecule has 0 bridgehead atoms. The van der Waals surface area contributed by atoms with Crippen molar-refractivity contribution in [3.05, 3.63) is 95.1 Å². The largest absolute Gasteiger partial charge is 0.462 e. The Kier molecular flexibility index (Phi) is 5.82. The van der Waals surface area contributed by atoms with Crippen LogP contribution in [0.25, 0.3) is 11.3 Å². The first-order valence-corrected chi connectivity index (χ1v) is 10.1. The smallest absolute Gasteiger partial charge is 0.338 e. The Morgan fingerprint density at radius 1 is 1.00 bits per heavy atom. The second-order valence-electron chi connectivity index (χ2n) is 7.08. The molecule has 1 heterocycles. The van der Waals surface area contributed by atoms with Crippen LogP contribution in [0.15, 0.2) is 72.8 Å². The van der Waals surface area contributed by atoms with Crippen LogP contribution in [0, 0.1) is 0 Å². The topological polar surface area (TPSA) is 93.4 Å². The number of ether oxygens (including phenoxy) is 1. The average Bonchev–Trinajstić information content (AvgIpc) is 3.13. The summed E-state index contributed by atoms with van der Waals surface area (Å²) in [5.41, 5.74) is 11.3. The third-order valence-electron chi connectivity index (χ3n) is 5.05. The van der Waals surface area contributed by atoms with Gasteiger partial charge in [0.2, 0.25) is 0 Å². The van der Waals surface area contributed by atoms with E-state index in [-0.39, 0.29) is 5.91 Å². The molecule has 6 nitrogen and oxygen atoms in total. The number of carbonyl (C=O) groups excluding carboxylic acids is 2. The molecule has 0 atom stereocenters. The number of fused-ring (bicyclic) bond motifs is 1. The molecule has 4 N–H and O–H groups in total. The van der Waals surface area contributed by atoms with Crippen molar-refractivity contribution < 1.29 is 14.3 Å². The van der Waals surface area contributed by atoms with Crippen molar-refractivity contribution >= 4 is 34.5 Å². The molecule has 0 fully saturated rings. The number of nitrogens with two attached hydrogens (primary N) is 1. The molecule has 156 valence electrons. The fraction of sp³-hybridized carbons (Fsp3) is 0.120. The number of anilines is 2. The van der Waals surface area contributed by atoms with E-state index in [0.717, 1.165) is 22.4 Å². The number of benzene rings is 3. The van der Waals surface area contributed by atoms with Crippen LogP contribution >= 0.6 is 0 Å². The second-order valence-corrected chi connectivity index (χ2v) is 7.08. The summed E-state index contributed by atoms with van der Waals surface area (Å²) in [7, 11) is 0. The van der Waals surface area contributed by atoms with E-state index in [4.69, 9.17) is 10.5 Å². The van der Waals surface area contributed by atoms with Gasteiger partial charge in [-0.05, 0) is 42.3 Å². The van der Waals surface area contributed by atoms with Gasteiger partial charge in [0, 0.05) is 17.8 Å². The third-order valence-corrected chi connectivity index (χ3v) is 5.05. The first kappa shape index (κ1) is 20.4. The highest BCUT2D eigenvalue weighted by Crippen LogP contribution is 2.38. The van der Waals surface area contributed by atoms with E-state index < -0.39 is 5.97 Å². The summed E-state index contributed by atoms with van der Waals surface area (Å²) in [6.07, 6.45) is 0. The molecule has 0 spiro atoms. The lowest BCUT2D eigenvalue weighted by atomic mass is 9.99. The first-order valence-electron chi connectivity index (χ1n) is 10.1. The van der Waals surface area contributed by atoms with Crippen molar-refractivity contribution in [2.75, 3.05) is 17.2 Å². The number of rotatable bonds is 6. The van der Waals surface area contributed by atoms with Gasteiger partial charge in [0.1, 0.15) is 0 Å². The van der Waals surface area contributed by atoms with E-state index >= 15 is 0 Å². The van der Waals surface area contributed by atoms with Crippen LogP contribution in [-0.2, 0) is 16.1 Å². The maximum absolute atomic E-state index is 13.0. The van der Waals surface area contributed by atoms with Crippen molar-refractivity contribution in [2.45, 2.75) is 13.5 Å². The number of hydrogen-bond acceptors (Lipinski definition) is 5. The predicted octanol–water partition coefficient (Wildman–Crippen LogP) is 4.25. The molecule has 0 aromatic heterocycles. The average molecular weight is 413 g/mol. The van der Waals surface area contributed by atoms with Gasteiger partial charge in [-0.25, -0.2) is 4.79 Å². The lowest BCUT2D eigenvalue weighted by Gasteiger charge is -2.15. The molecule has 0 radical (unpaired) electrons. The van der Waals surface area contributed by atoms with Crippen molar-refractivity contribution in [2.24, 2.45) is 5.73 Å². The van der Waals surface area contributed by atoms with Gasteiger partial charge in [0.15, 0.2) is 0 Å². The molecule has 1 aliphatic heterocycles. The predicted molar refractivity (Wildman–Crippen MR) is 122 cm³/mol. The summed E-state index contributed by atoms with van der Waals surface area (Å²) >= 11 is 0. The zero-order chi connectivity index (χ0) is 21.8. The molecule has 0 unspecified atom stereocenters. The van der Waals surface area contributed by atoms with Crippen LogP contribution < -0.4 is 16.4 Å². The standard InChI is InChI=1S/C25H23N3O3/c1-2-31-25(30)18-10-13-20-21(14-18)28-24(29)22(20)23(17-6-4-3-5-7-17)27-19-11-8-16(15-26)9-12-19/h3-14,27H,2,15,26H2,1H3,(H,28,29). The van der Waals surface area contributed by atoms with Crippen LogP contribution in [0.2, 0.25) is 0 Å². The highest BCUT2D eigenvalue weighted by molar-refractivity contribution is 6.37. The number of amides is 1. The Hall–Kier alpha value is -3.90. The van der Waals surface area contributed by atoms with Gasteiger partial charge < -0.3 is 21.1 Å². The molecule has 6 heteroatoms. The van der Waals surface area contributed by atoms with Crippen molar-refractivity contribution in [3.63, 3.8) is 0 Å². The Bertz CT molecular complexity index is 1150. The highest BCUT2D eigenvalue weighted by Gasteiger charge is 2.29. The van der Waals surface area contributed by atoms with Crippen molar-refractivity contribution in [1.29, 1.82) is 0 Å². The Balaban J connectivity index is 1.81. The van der Waals surface area contributed by atoms with Gasteiger partial charge >= 0.3 is 5.97 Å². The summed E-state index contributed by atoms with van der Waals surface area (Å²) < 4.78 is 5.07. The Labute approximate surface area is 180 Å². The van der Waals surface area contributed by atoms with Crippen molar-refractivity contribution in [3.8, 4) is 0 Å². The molecule has 4 rings (SSSR count). The van der Waals surface area contributed by atoms with E-state index in [1.807, 2.05) is 54.6 Å². The molecular weight excluding hydrogens is 390 g/mol. The minimum absolute atomic E-state index is 0.235. The number of nitrogens with one attached hydrogen (secondary N) is 2. The number of carbonyl (C=O) groups is 2. The van der Waals surface area contributed by atoms with Gasteiger partial charge in [-0.3, -0.25) is 4.79 Å². The molecule has 0 aliphatic carbocycles. The van der Waals surface area contributed by atoms with Gasteiger partial charge in [-0.2, -0.15) is 0 Å². The molecular formula is C25H23N3O3. The number of esters is 1. The molecule has 0 saturated heterocycles. The first-order chi connectivity index (χ1) is 15.1. The van der Waals surface area contributed by atoms with Gasteiger partial charge in [-0.15, -0.1) is 0 Å². The lowest BCUT2D eigenvalue weighted by Crippen LogP contribution is -2.10. The molecule has 1 aliphatic rings. The monoisotopic (exact) mass is 413 g/mol. The van der Waals surface area contributed by atoms with Crippen LogP contribution in [-0.4, -0.2) is 18.5 Å². The third kappa shape index (κ3) is 4.20. The van der Waals surface area contributed by atoms with Gasteiger partial charge in [0.25, 0.3) is 5.91 Å². The van der Waals surface area contributed by atoms with Gasteiger partial charge in [-0.1, -0.05) is 48.5 Å².